The predicted molar refractivity (Wildman–Crippen MR) is 57.7 cm³/mol. The van der Waals surface area contributed by atoms with Gasteiger partial charge in [0.2, 0.25) is 0 Å². The van der Waals surface area contributed by atoms with Crippen molar-refractivity contribution >= 4 is 5.97 Å². The molecule has 1 aromatic carbocycles. The topological polar surface area (TPSA) is 46.5 Å². The third-order valence-corrected chi connectivity index (χ3v) is 1.65. The van der Waals surface area contributed by atoms with Crippen molar-refractivity contribution in [2.45, 2.75) is 6.92 Å². The highest BCUT2D eigenvalue weighted by molar-refractivity contribution is 5.80. The normalized spacial score (nSPS) is 11.0. The summed E-state index contributed by atoms with van der Waals surface area (Å²) in [5.74, 6) is -0.254. The van der Waals surface area contributed by atoms with Crippen molar-refractivity contribution in [1.82, 2.24) is 0 Å². The van der Waals surface area contributed by atoms with Gasteiger partial charge in [0.25, 0.3) is 0 Å². The van der Waals surface area contributed by atoms with Crippen molar-refractivity contribution in [2.75, 3.05) is 0 Å². The zero-order valence-electron chi connectivity index (χ0n) is 8.38. The zero-order valence-corrected chi connectivity index (χ0v) is 8.38. The van der Waals surface area contributed by atoms with Crippen molar-refractivity contribution < 1.29 is 14.6 Å². The second-order valence-electron chi connectivity index (χ2n) is 2.96. The van der Waals surface area contributed by atoms with Crippen LogP contribution in [-0.4, -0.2) is 11.1 Å². The number of rotatable bonds is 4. The summed E-state index contributed by atoms with van der Waals surface area (Å²) in [6, 6.07) is 7.58. The van der Waals surface area contributed by atoms with Crippen LogP contribution < -0.4 is 4.74 Å². The number of hydrogen-bond acceptors (Lipinski definition) is 2. The Labute approximate surface area is 88.3 Å². The molecule has 15 heavy (non-hydrogen) atoms. The van der Waals surface area contributed by atoms with Gasteiger partial charge in [-0.3, -0.25) is 0 Å². The largest absolute Gasteiger partial charge is 0.478 e. The summed E-state index contributed by atoms with van der Waals surface area (Å²) < 4.78 is 5.22. The van der Waals surface area contributed by atoms with Crippen LogP contribution in [0.15, 0.2) is 48.8 Å². The van der Waals surface area contributed by atoms with E-state index in [1.807, 2.05) is 31.2 Å². The molecule has 1 N–H and O–H groups in total. The summed E-state index contributed by atoms with van der Waals surface area (Å²) in [6.45, 7) is 2.00. The lowest BCUT2D eigenvalue weighted by Gasteiger charge is -1.98. The van der Waals surface area contributed by atoms with Crippen molar-refractivity contribution in [3.05, 3.63) is 54.3 Å². The first-order chi connectivity index (χ1) is 7.18. The Morgan fingerprint density at radius 1 is 1.27 bits per heavy atom. The second kappa shape index (κ2) is 5.65. The molecule has 0 radical (unpaired) electrons. The van der Waals surface area contributed by atoms with Gasteiger partial charge in [0.15, 0.2) is 0 Å². The molecule has 0 spiro atoms. The highest BCUT2D eigenvalue weighted by atomic mass is 16.5. The Hall–Kier alpha value is -2.03. The van der Waals surface area contributed by atoms with Gasteiger partial charge in [0, 0.05) is 6.08 Å². The minimum atomic E-state index is -0.977. The average molecular weight is 204 g/mol. The van der Waals surface area contributed by atoms with Crippen molar-refractivity contribution in [3.8, 4) is 5.75 Å². The van der Waals surface area contributed by atoms with Crippen LogP contribution in [0.25, 0.3) is 0 Å². The van der Waals surface area contributed by atoms with E-state index in [0.29, 0.717) is 0 Å². The number of carboxylic acids is 1. The van der Waals surface area contributed by atoms with E-state index in [-0.39, 0.29) is 0 Å². The molecule has 1 aromatic rings. The van der Waals surface area contributed by atoms with Crippen LogP contribution >= 0.6 is 0 Å². The molecular formula is C12H12O3. The summed E-state index contributed by atoms with van der Waals surface area (Å²) in [4.78, 5) is 10.1. The van der Waals surface area contributed by atoms with Crippen LogP contribution in [0.2, 0.25) is 0 Å². The highest BCUT2D eigenvalue weighted by Gasteiger charge is 1.88. The lowest BCUT2D eigenvalue weighted by Crippen LogP contribution is -1.85. The molecule has 0 aromatic heterocycles. The van der Waals surface area contributed by atoms with Gasteiger partial charge in [-0.25, -0.2) is 4.79 Å². The highest BCUT2D eigenvalue weighted by Crippen LogP contribution is 2.11. The molecule has 0 atom stereocenters. The minimum absolute atomic E-state index is 0.723. The fourth-order valence-corrected chi connectivity index (χ4v) is 0.918. The predicted octanol–water partition coefficient (Wildman–Crippen LogP) is 2.53. The van der Waals surface area contributed by atoms with E-state index >= 15 is 0 Å². The first-order valence-corrected chi connectivity index (χ1v) is 4.48. The molecule has 0 unspecified atom stereocenters. The molecule has 0 aliphatic heterocycles. The lowest BCUT2D eigenvalue weighted by atomic mass is 10.2. The number of aryl methyl sites for hydroxylation is 1. The molecule has 0 saturated carbocycles. The van der Waals surface area contributed by atoms with E-state index in [9.17, 15) is 4.79 Å². The molecule has 1 rings (SSSR count). The van der Waals surface area contributed by atoms with E-state index < -0.39 is 5.97 Å². The van der Waals surface area contributed by atoms with Gasteiger partial charge in [-0.1, -0.05) is 23.8 Å². The first kappa shape index (κ1) is 11.0. The maximum atomic E-state index is 10.1. The van der Waals surface area contributed by atoms with Crippen LogP contribution in [0.4, 0.5) is 0 Å². The average Bonchev–Trinajstić information content (AvgIpc) is 2.20. The van der Waals surface area contributed by atoms with Gasteiger partial charge in [0.05, 0.1) is 6.26 Å². The molecule has 0 aliphatic carbocycles. The molecule has 0 amide bonds. The van der Waals surface area contributed by atoms with Crippen LogP contribution in [0.5, 0.6) is 5.75 Å². The van der Waals surface area contributed by atoms with Gasteiger partial charge in [-0.05, 0) is 25.1 Å². The maximum absolute atomic E-state index is 10.1. The monoisotopic (exact) mass is 204 g/mol. The Morgan fingerprint density at radius 2 is 1.93 bits per heavy atom. The molecule has 0 saturated heterocycles. The van der Waals surface area contributed by atoms with Gasteiger partial charge >= 0.3 is 5.97 Å². The summed E-state index contributed by atoms with van der Waals surface area (Å²) in [6.07, 6.45) is 5.39. The number of hydrogen-bond donors (Lipinski definition) is 1. The second-order valence-corrected chi connectivity index (χ2v) is 2.96. The van der Waals surface area contributed by atoms with Crippen molar-refractivity contribution in [2.24, 2.45) is 0 Å². The summed E-state index contributed by atoms with van der Waals surface area (Å²) in [5, 5.41) is 8.30. The smallest absolute Gasteiger partial charge is 0.328 e. The van der Waals surface area contributed by atoms with Crippen LogP contribution in [0, 0.1) is 6.92 Å². The third kappa shape index (κ3) is 4.67. The van der Waals surface area contributed by atoms with E-state index in [2.05, 4.69) is 0 Å². The molecule has 3 heteroatoms. The molecule has 0 bridgehead atoms. The number of carboxylic acid groups (broad SMARTS) is 1. The van der Waals surface area contributed by atoms with Gasteiger partial charge < -0.3 is 9.84 Å². The lowest BCUT2D eigenvalue weighted by molar-refractivity contribution is -0.131. The number of benzene rings is 1. The molecule has 78 valence electrons. The number of carbonyl (C=O) groups is 1. The minimum Gasteiger partial charge on any atom is -0.478 e. The number of ether oxygens (including phenoxy) is 1. The summed E-state index contributed by atoms with van der Waals surface area (Å²) in [7, 11) is 0. The number of allylic oxidation sites excluding steroid dienone is 2. The van der Waals surface area contributed by atoms with Crippen LogP contribution in [-0.2, 0) is 4.79 Å². The fraction of sp³-hybridized carbons (Fsp3) is 0.0833. The van der Waals surface area contributed by atoms with Gasteiger partial charge in [-0.2, -0.15) is 0 Å². The Balaban J connectivity index is 2.43. The Morgan fingerprint density at radius 3 is 2.53 bits per heavy atom. The van der Waals surface area contributed by atoms with E-state index in [1.165, 1.54) is 18.4 Å². The molecule has 0 aliphatic rings. The fourth-order valence-electron chi connectivity index (χ4n) is 0.918. The van der Waals surface area contributed by atoms with Crippen molar-refractivity contribution in [3.63, 3.8) is 0 Å². The van der Waals surface area contributed by atoms with Crippen LogP contribution in [0.3, 0.4) is 0 Å². The SMILES string of the molecule is Cc1ccc(O/C=C/C=C/C(=O)O)cc1. The molecule has 3 nitrogen and oxygen atoms in total. The molecule has 0 fully saturated rings. The molecule has 0 heterocycles. The standard InChI is InChI=1S/C12H12O3/c1-10-5-7-11(8-6-10)15-9-3-2-4-12(13)14/h2-9H,1H3,(H,13,14)/b4-2+,9-3+. The summed E-state index contributed by atoms with van der Waals surface area (Å²) >= 11 is 0. The first-order valence-electron chi connectivity index (χ1n) is 4.48. The van der Waals surface area contributed by atoms with Crippen molar-refractivity contribution in [1.29, 1.82) is 0 Å². The van der Waals surface area contributed by atoms with E-state index in [1.54, 1.807) is 0 Å². The zero-order chi connectivity index (χ0) is 11.1. The Bertz CT molecular complexity index is 374. The van der Waals surface area contributed by atoms with Gasteiger partial charge in [-0.15, -0.1) is 0 Å². The maximum Gasteiger partial charge on any atom is 0.328 e. The van der Waals surface area contributed by atoms with E-state index in [0.717, 1.165) is 17.4 Å². The Kier molecular flexibility index (Phi) is 4.16. The molecular weight excluding hydrogens is 192 g/mol. The van der Waals surface area contributed by atoms with E-state index in [4.69, 9.17) is 9.84 Å². The third-order valence-electron chi connectivity index (χ3n) is 1.65. The number of aliphatic carboxylic acids is 1. The van der Waals surface area contributed by atoms with Gasteiger partial charge in [0.1, 0.15) is 5.75 Å². The summed E-state index contributed by atoms with van der Waals surface area (Å²) in [5.41, 5.74) is 1.16. The van der Waals surface area contributed by atoms with Crippen LogP contribution in [0.1, 0.15) is 5.56 Å². The quantitative estimate of drug-likeness (QED) is 0.465.